The van der Waals surface area contributed by atoms with Gasteiger partial charge >= 0.3 is 12.1 Å². The molecule has 0 fully saturated rings. The molecular formula is C33H33N3O6S. The van der Waals surface area contributed by atoms with Crippen molar-refractivity contribution in [2.75, 3.05) is 11.9 Å². The summed E-state index contributed by atoms with van der Waals surface area (Å²) < 4.78 is 11.4. The van der Waals surface area contributed by atoms with Gasteiger partial charge in [0.05, 0.1) is 6.61 Å². The zero-order chi connectivity index (χ0) is 30.9. The van der Waals surface area contributed by atoms with E-state index in [-0.39, 0.29) is 12.2 Å². The molecule has 3 N–H and O–H groups in total. The Hall–Kier alpha value is -4.70. The molecule has 43 heavy (non-hydrogen) atoms. The molecule has 1 aliphatic rings. The van der Waals surface area contributed by atoms with E-state index in [1.807, 2.05) is 31.4 Å². The fraction of sp³-hybridized carbons (Fsp3) is 0.273. The minimum absolute atomic E-state index is 0.156. The molecule has 0 unspecified atom stereocenters. The predicted octanol–water partition coefficient (Wildman–Crippen LogP) is 7.00. The number of nitrogens with one attached hydrogen (secondary N) is 2. The zero-order valence-electron chi connectivity index (χ0n) is 24.7. The number of anilines is 1. The van der Waals surface area contributed by atoms with E-state index in [9.17, 15) is 19.5 Å². The predicted molar refractivity (Wildman–Crippen MR) is 166 cm³/mol. The average molecular weight is 600 g/mol. The maximum absolute atomic E-state index is 14.1. The van der Waals surface area contributed by atoms with Crippen molar-refractivity contribution in [1.82, 2.24) is 10.3 Å². The molecule has 222 valence electrons. The topological polar surface area (TPSA) is 127 Å². The quantitative estimate of drug-likeness (QED) is 0.218. The number of hydrogen-bond acceptors (Lipinski definition) is 7. The third-order valence-corrected chi connectivity index (χ3v) is 7.94. The van der Waals surface area contributed by atoms with Crippen molar-refractivity contribution in [1.29, 1.82) is 0 Å². The third-order valence-electron chi connectivity index (χ3n) is 6.95. The number of nitrogens with zero attached hydrogens (tertiary/aromatic N) is 1. The molecule has 9 nitrogen and oxygen atoms in total. The van der Waals surface area contributed by atoms with Crippen LogP contribution in [-0.4, -0.2) is 40.3 Å². The van der Waals surface area contributed by atoms with E-state index in [2.05, 4.69) is 21.7 Å². The Labute approximate surface area is 253 Å². The number of alkyl carbamates (subject to hydrolysis) is 1. The number of carbonyl (C=O) groups excluding carboxylic acids is 2. The van der Waals surface area contributed by atoms with Crippen LogP contribution < -0.4 is 15.4 Å². The highest BCUT2D eigenvalue weighted by molar-refractivity contribution is 7.13. The molecule has 0 saturated heterocycles. The van der Waals surface area contributed by atoms with E-state index in [1.54, 1.807) is 56.4 Å². The number of aromatic carboxylic acids is 1. The smallest absolute Gasteiger partial charge is 0.407 e. The lowest BCUT2D eigenvalue weighted by Gasteiger charge is -2.20. The molecule has 0 saturated carbocycles. The molecule has 0 atom stereocenters. The first-order chi connectivity index (χ1) is 20.4. The number of hydrogen-bond donors (Lipinski definition) is 3. The van der Waals surface area contributed by atoms with Crippen LogP contribution in [0.1, 0.15) is 63.9 Å². The second-order valence-electron chi connectivity index (χ2n) is 11.4. The largest absolute Gasteiger partial charge is 0.493 e. The Morgan fingerprint density at radius 2 is 1.79 bits per heavy atom. The first-order valence-corrected chi connectivity index (χ1v) is 14.7. The van der Waals surface area contributed by atoms with Crippen molar-refractivity contribution in [3.05, 3.63) is 87.6 Å². The van der Waals surface area contributed by atoms with Crippen LogP contribution in [0.15, 0.2) is 54.0 Å². The number of aryl methyl sites for hydroxylation is 2. The van der Waals surface area contributed by atoms with Crippen LogP contribution in [0, 0.1) is 13.8 Å². The van der Waals surface area contributed by atoms with Crippen molar-refractivity contribution in [2.45, 2.75) is 53.2 Å². The van der Waals surface area contributed by atoms with E-state index in [0.717, 1.165) is 39.1 Å². The number of benzene rings is 2. The lowest BCUT2D eigenvalue weighted by Crippen LogP contribution is -2.32. The normalized spacial score (nSPS) is 12.3. The number of amides is 2. The highest BCUT2D eigenvalue weighted by Crippen LogP contribution is 2.43. The van der Waals surface area contributed by atoms with Crippen LogP contribution in [0.4, 0.5) is 10.5 Å². The van der Waals surface area contributed by atoms with Crippen molar-refractivity contribution >= 4 is 35.0 Å². The fourth-order valence-electron chi connectivity index (χ4n) is 5.14. The summed E-state index contributed by atoms with van der Waals surface area (Å²) in [5, 5.41) is 17.7. The van der Waals surface area contributed by atoms with Crippen LogP contribution in [-0.2, 0) is 17.7 Å². The van der Waals surface area contributed by atoms with Gasteiger partial charge in [-0.25, -0.2) is 14.6 Å². The molecule has 0 bridgehead atoms. The van der Waals surface area contributed by atoms with E-state index in [1.165, 1.54) is 6.20 Å². The SMILES string of the molecule is Cc1cc(CNC(=O)OC(C)(C)C)cc(C)c1NC(=O)c1cc2c(cc1-c1cccnc1C(=O)O)OCCc1ccsc1-2. The van der Waals surface area contributed by atoms with Gasteiger partial charge in [-0.15, -0.1) is 11.3 Å². The first-order valence-electron chi connectivity index (χ1n) is 13.9. The molecule has 3 heterocycles. The highest BCUT2D eigenvalue weighted by atomic mass is 32.1. The Morgan fingerprint density at radius 3 is 2.49 bits per heavy atom. The molecule has 0 aliphatic carbocycles. The molecule has 1 aliphatic heterocycles. The van der Waals surface area contributed by atoms with Crippen molar-refractivity contribution in [3.8, 4) is 27.3 Å². The number of ether oxygens (including phenoxy) is 2. The second-order valence-corrected chi connectivity index (χ2v) is 12.3. The van der Waals surface area contributed by atoms with Gasteiger partial charge in [0.2, 0.25) is 0 Å². The van der Waals surface area contributed by atoms with Crippen LogP contribution in [0.5, 0.6) is 5.75 Å². The van der Waals surface area contributed by atoms with Gasteiger partial charge in [-0.05, 0) is 86.5 Å². The minimum atomic E-state index is -1.19. The van der Waals surface area contributed by atoms with Crippen LogP contribution in [0.2, 0.25) is 0 Å². The Balaban J connectivity index is 1.52. The summed E-state index contributed by atoms with van der Waals surface area (Å²) in [6, 6.07) is 12.7. The average Bonchev–Trinajstić information content (AvgIpc) is 3.34. The van der Waals surface area contributed by atoms with Crippen molar-refractivity contribution in [3.63, 3.8) is 0 Å². The van der Waals surface area contributed by atoms with Gasteiger partial charge in [0.1, 0.15) is 11.4 Å². The number of pyridine rings is 1. The number of carbonyl (C=O) groups is 3. The molecule has 4 aromatic rings. The lowest BCUT2D eigenvalue weighted by molar-refractivity contribution is 0.0522. The number of carboxylic acids is 1. The van der Waals surface area contributed by atoms with Gasteiger partial charge in [-0.1, -0.05) is 18.2 Å². The summed E-state index contributed by atoms with van der Waals surface area (Å²) in [5.74, 6) is -1.01. The molecule has 0 spiro atoms. The summed E-state index contributed by atoms with van der Waals surface area (Å²) in [4.78, 5) is 43.4. The van der Waals surface area contributed by atoms with Crippen LogP contribution >= 0.6 is 11.3 Å². The summed E-state index contributed by atoms with van der Waals surface area (Å²) in [5.41, 5.74) is 5.30. The van der Waals surface area contributed by atoms with Crippen LogP contribution in [0.3, 0.4) is 0 Å². The lowest BCUT2D eigenvalue weighted by atomic mass is 9.93. The van der Waals surface area contributed by atoms with E-state index < -0.39 is 23.6 Å². The van der Waals surface area contributed by atoms with Crippen molar-refractivity contribution < 1.29 is 29.0 Å². The molecular weight excluding hydrogens is 566 g/mol. The number of aromatic nitrogens is 1. The molecule has 0 radical (unpaired) electrons. The standard InChI is InChI=1S/C33H33N3O6S/c1-18-13-20(17-35-32(40)42-33(3,4)5)14-19(2)27(18)36-30(37)24-15-25-26(41-11-8-21-9-12-43-29(21)25)16-23(24)22-7-6-10-34-28(22)31(38)39/h6-7,9-10,12-16H,8,11,17H2,1-5H3,(H,35,40)(H,36,37)(H,38,39). The second kappa shape index (κ2) is 11.9. The molecule has 10 heteroatoms. The van der Waals surface area contributed by atoms with Crippen molar-refractivity contribution in [2.24, 2.45) is 0 Å². The maximum atomic E-state index is 14.1. The summed E-state index contributed by atoms with van der Waals surface area (Å²) in [6.45, 7) is 9.90. The van der Waals surface area contributed by atoms with Gasteiger partial charge in [0.25, 0.3) is 5.91 Å². The zero-order valence-corrected chi connectivity index (χ0v) is 25.5. The minimum Gasteiger partial charge on any atom is -0.493 e. The first kappa shape index (κ1) is 29.8. The fourth-order valence-corrected chi connectivity index (χ4v) is 6.12. The summed E-state index contributed by atoms with van der Waals surface area (Å²) >= 11 is 1.57. The van der Waals surface area contributed by atoms with Crippen LogP contribution in [0.25, 0.3) is 21.6 Å². The number of thiophene rings is 1. The van der Waals surface area contributed by atoms with Gasteiger partial charge in [0, 0.05) is 52.0 Å². The Kier molecular flexibility index (Phi) is 8.23. The Bertz CT molecular complexity index is 1710. The highest BCUT2D eigenvalue weighted by Gasteiger charge is 2.26. The van der Waals surface area contributed by atoms with E-state index in [0.29, 0.717) is 34.7 Å². The molecule has 2 amide bonds. The molecule has 2 aromatic carbocycles. The van der Waals surface area contributed by atoms with Gasteiger partial charge in [-0.3, -0.25) is 4.79 Å². The summed E-state index contributed by atoms with van der Waals surface area (Å²) in [6.07, 6.45) is 1.63. The van der Waals surface area contributed by atoms with Gasteiger partial charge < -0.3 is 25.2 Å². The van der Waals surface area contributed by atoms with E-state index >= 15 is 0 Å². The number of fused-ring (bicyclic) bond motifs is 3. The number of rotatable bonds is 6. The number of carboxylic acid groups (broad SMARTS) is 1. The molecule has 2 aromatic heterocycles. The third kappa shape index (κ3) is 6.54. The summed E-state index contributed by atoms with van der Waals surface area (Å²) in [7, 11) is 0. The monoisotopic (exact) mass is 599 g/mol. The van der Waals surface area contributed by atoms with E-state index in [4.69, 9.17) is 9.47 Å². The van der Waals surface area contributed by atoms with Gasteiger partial charge in [-0.2, -0.15) is 0 Å². The molecule has 5 rings (SSSR count). The maximum Gasteiger partial charge on any atom is 0.407 e. The Morgan fingerprint density at radius 1 is 1.05 bits per heavy atom. The van der Waals surface area contributed by atoms with Gasteiger partial charge in [0.15, 0.2) is 5.69 Å².